The summed E-state index contributed by atoms with van der Waals surface area (Å²) in [6, 6.07) is 23.7. The molecule has 0 aliphatic carbocycles. The van der Waals surface area contributed by atoms with E-state index in [2.05, 4.69) is 66.7 Å². The molecule has 3 aromatic rings. The van der Waals surface area contributed by atoms with Gasteiger partial charge >= 0.3 is 0 Å². The molecule has 3 aromatic carbocycles. The second-order valence-electron chi connectivity index (χ2n) is 4.97. The Labute approximate surface area is 112 Å². The number of hydrogen-bond donors (Lipinski definition) is 0. The lowest BCUT2D eigenvalue weighted by molar-refractivity contribution is 0.415. The molecule has 0 spiro atoms. The monoisotopic (exact) mass is 246 g/mol. The van der Waals surface area contributed by atoms with E-state index in [9.17, 15) is 0 Å². The van der Waals surface area contributed by atoms with Gasteiger partial charge in [0.15, 0.2) is 0 Å². The first-order valence-electron chi connectivity index (χ1n) is 6.61. The predicted molar refractivity (Wildman–Crippen MR) is 78.1 cm³/mol. The zero-order valence-corrected chi connectivity index (χ0v) is 10.5. The normalized spacial score (nSPS) is 17.6. The van der Waals surface area contributed by atoms with E-state index in [4.69, 9.17) is 4.74 Å². The Morgan fingerprint density at radius 3 is 2.53 bits per heavy atom. The van der Waals surface area contributed by atoms with Crippen molar-refractivity contribution in [2.75, 3.05) is 6.61 Å². The first-order chi connectivity index (χ1) is 9.42. The maximum Gasteiger partial charge on any atom is 0.106 e. The molecule has 1 nitrogen and oxygen atoms in total. The highest BCUT2D eigenvalue weighted by molar-refractivity contribution is 5.96. The minimum atomic E-state index is 0.315. The Morgan fingerprint density at radius 2 is 1.63 bits per heavy atom. The van der Waals surface area contributed by atoms with Gasteiger partial charge in [-0.2, -0.15) is 0 Å². The summed E-state index contributed by atoms with van der Waals surface area (Å²) in [5.41, 5.74) is 3.84. The van der Waals surface area contributed by atoms with Gasteiger partial charge in [-0.25, -0.2) is 0 Å². The van der Waals surface area contributed by atoms with E-state index in [1.54, 1.807) is 0 Å². The van der Waals surface area contributed by atoms with Crippen LogP contribution in [-0.4, -0.2) is 6.61 Å². The molecule has 1 unspecified atom stereocenters. The van der Waals surface area contributed by atoms with Crippen LogP contribution < -0.4 is 0 Å². The highest BCUT2D eigenvalue weighted by Crippen LogP contribution is 2.34. The van der Waals surface area contributed by atoms with Crippen LogP contribution in [0.2, 0.25) is 0 Å². The summed E-state index contributed by atoms with van der Waals surface area (Å²) in [7, 11) is 0. The number of epoxide rings is 1. The molecule has 1 atom stereocenters. The molecule has 0 saturated carbocycles. The predicted octanol–water partition coefficient (Wildman–Crippen LogP) is 4.58. The lowest BCUT2D eigenvalue weighted by atomic mass is 9.96. The fourth-order valence-corrected chi connectivity index (χ4v) is 2.62. The molecule has 19 heavy (non-hydrogen) atoms. The average Bonchev–Trinajstić information content (AvgIpc) is 3.31. The van der Waals surface area contributed by atoms with Gasteiger partial charge in [-0.05, 0) is 33.5 Å². The van der Waals surface area contributed by atoms with Crippen molar-refractivity contribution < 1.29 is 4.74 Å². The van der Waals surface area contributed by atoms with E-state index >= 15 is 0 Å². The van der Waals surface area contributed by atoms with Crippen LogP contribution in [0.3, 0.4) is 0 Å². The summed E-state index contributed by atoms with van der Waals surface area (Å²) >= 11 is 0. The smallest absolute Gasteiger partial charge is 0.106 e. The number of rotatable bonds is 2. The molecule has 92 valence electrons. The van der Waals surface area contributed by atoms with Gasteiger partial charge in [0.25, 0.3) is 0 Å². The summed E-state index contributed by atoms with van der Waals surface area (Å²) in [6.07, 6.45) is 0.315. The molecule has 1 aliphatic rings. The zero-order chi connectivity index (χ0) is 12.7. The Morgan fingerprint density at radius 1 is 0.842 bits per heavy atom. The fraction of sp³-hybridized carbons (Fsp3) is 0.111. The second-order valence-corrected chi connectivity index (χ2v) is 4.97. The maximum absolute atomic E-state index is 5.37. The number of hydrogen-bond acceptors (Lipinski definition) is 1. The molecule has 0 N–H and O–H groups in total. The molecule has 0 bridgehead atoms. The van der Waals surface area contributed by atoms with Crippen LogP contribution in [0, 0.1) is 0 Å². The maximum atomic E-state index is 5.37. The van der Waals surface area contributed by atoms with Crippen molar-refractivity contribution in [1.82, 2.24) is 0 Å². The molecule has 1 saturated heterocycles. The van der Waals surface area contributed by atoms with Crippen molar-refractivity contribution in [3.63, 3.8) is 0 Å². The summed E-state index contributed by atoms with van der Waals surface area (Å²) in [5, 5.41) is 2.59. The van der Waals surface area contributed by atoms with Crippen molar-refractivity contribution in [3.05, 3.63) is 72.3 Å². The molecule has 1 heterocycles. The minimum absolute atomic E-state index is 0.315. The van der Waals surface area contributed by atoms with Gasteiger partial charge in [0.1, 0.15) is 6.10 Å². The third kappa shape index (κ3) is 1.92. The molecule has 1 heteroatoms. The molecule has 0 amide bonds. The SMILES string of the molecule is c1cc(-c2cccc3ccccc23)cc(C2CO2)c1. The van der Waals surface area contributed by atoms with Gasteiger partial charge in [0.05, 0.1) is 6.61 Å². The van der Waals surface area contributed by atoms with Gasteiger partial charge in [-0.3, -0.25) is 0 Å². The first-order valence-corrected chi connectivity index (χ1v) is 6.61. The molecule has 0 radical (unpaired) electrons. The molecule has 0 aromatic heterocycles. The van der Waals surface area contributed by atoms with Crippen LogP contribution in [-0.2, 0) is 4.74 Å². The third-order valence-electron chi connectivity index (χ3n) is 3.69. The number of ether oxygens (including phenoxy) is 1. The van der Waals surface area contributed by atoms with Crippen molar-refractivity contribution >= 4 is 10.8 Å². The topological polar surface area (TPSA) is 12.5 Å². The molecular formula is C18H14O. The van der Waals surface area contributed by atoms with Crippen LogP contribution in [0.5, 0.6) is 0 Å². The van der Waals surface area contributed by atoms with Crippen molar-refractivity contribution in [3.8, 4) is 11.1 Å². The standard InChI is InChI=1S/C18H14O/c1-2-9-16-13(5-1)6-4-10-17(16)14-7-3-8-15(11-14)18-12-19-18/h1-11,18H,12H2. The first kappa shape index (κ1) is 10.8. The molecular weight excluding hydrogens is 232 g/mol. The highest BCUT2D eigenvalue weighted by Gasteiger charge is 2.24. The fourth-order valence-electron chi connectivity index (χ4n) is 2.62. The van der Waals surface area contributed by atoms with Crippen molar-refractivity contribution in [2.24, 2.45) is 0 Å². The minimum Gasteiger partial charge on any atom is -0.368 e. The van der Waals surface area contributed by atoms with E-state index in [-0.39, 0.29) is 0 Å². The van der Waals surface area contributed by atoms with E-state index < -0.39 is 0 Å². The second kappa shape index (κ2) is 4.22. The summed E-state index contributed by atoms with van der Waals surface area (Å²) in [6.45, 7) is 0.860. The van der Waals surface area contributed by atoms with E-state index in [1.165, 1.54) is 27.5 Å². The van der Waals surface area contributed by atoms with Crippen LogP contribution in [0.1, 0.15) is 11.7 Å². The van der Waals surface area contributed by atoms with Crippen molar-refractivity contribution in [1.29, 1.82) is 0 Å². The van der Waals surface area contributed by atoms with Gasteiger partial charge in [-0.15, -0.1) is 0 Å². The zero-order valence-electron chi connectivity index (χ0n) is 10.5. The van der Waals surface area contributed by atoms with Gasteiger partial charge < -0.3 is 4.74 Å². The third-order valence-corrected chi connectivity index (χ3v) is 3.69. The van der Waals surface area contributed by atoms with Crippen LogP contribution in [0.15, 0.2) is 66.7 Å². The van der Waals surface area contributed by atoms with E-state index in [0.717, 1.165) is 6.61 Å². The largest absolute Gasteiger partial charge is 0.368 e. The lowest BCUT2D eigenvalue weighted by Gasteiger charge is -2.08. The molecule has 1 fully saturated rings. The van der Waals surface area contributed by atoms with Gasteiger partial charge in [0.2, 0.25) is 0 Å². The van der Waals surface area contributed by atoms with Crippen LogP contribution in [0.4, 0.5) is 0 Å². The summed E-state index contributed by atoms with van der Waals surface area (Å²) < 4.78 is 5.37. The Hall–Kier alpha value is -2.12. The summed E-state index contributed by atoms with van der Waals surface area (Å²) in [4.78, 5) is 0. The van der Waals surface area contributed by atoms with E-state index in [1.807, 2.05) is 0 Å². The van der Waals surface area contributed by atoms with Crippen LogP contribution in [0.25, 0.3) is 21.9 Å². The average molecular weight is 246 g/mol. The molecule has 1 aliphatic heterocycles. The Bertz CT molecular complexity index is 736. The lowest BCUT2D eigenvalue weighted by Crippen LogP contribution is -1.85. The quantitative estimate of drug-likeness (QED) is 0.603. The van der Waals surface area contributed by atoms with Crippen LogP contribution >= 0.6 is 0 Å². The number of benzene rings is 3. The van der Waals surface area contributed by atoms with Crippen molar-refractivity contribution in [2.45, 2.75) is 6.10 Å². The number of fused-ring (bicyclic) bond motifs is 1. The van der Waals surface area contributed by atoms with E-state index in [0.29, 0.717) is 6.10 Å². The Kier molecular flexibility index (Phi) is 2.39. The Balaban J connectivity index is 1.91. The van der Waals surface area contributed by atoms with Gasteiger partial charge in [0, 0.05) is 0 Å². The summed E-state index contributed by atoms with van der Waals surface area (Å²) in [5.74, 6) is 0. The molecule has 4 rings (SSSR count). The van der Waals surface area contributed by atoms with Gasteiger partial charge in [-0.1, -0.05) is 60.7 Å². The highest BCUT2D eigenvalue weighted by atomic mass is 16.6.